The van der Waals surface area contributed by atoms with Gasteiger partial charge in [-0.1, -0.05) is 12.1 Å². The van der Waals surface area contributed by atoms with Gasteiger partial charge in [0.1, 0.15) is 11.5 Å². The number of rotatable bonds is 6. The second-order valence-electron chi connectivity index (χ2n) is 6.56. The van der Waals surface area contributed by atoms with Crippen LogP contribution >= 0.6 is 0 Å². The molecule has 0 aliphatic carbocycles. The fraction of sp³-hybridized carbons (Fsp3) is 0.556. The van der Waals surface area contributed by atoms with Crippen molar-refractivity contribution in [3.63, 3.8) is 0 Å². The number of aromatic nitrogens is 1. The third-order valence-corrected chi connectivity index (χ3v) is 4.61. The van der Waals surface area contributed by atoms with Crippen molar-refractivity contribution in [1.82, 2.24) is 19.9 Å². The van der Waals surface area contributed by atoms with E-state index in [0.29, 0.717) is 18.8 Å². The Morgan fingerprint density at radius 2 is 1.92 bits per heavy atom. The van der Waals surface area contributed by atoms with E-state index in [1.165, 1.54) is 0 Å². The van der Waals surface area contributed by atoms with Crippen LogP contribution < -0.4 is 0 Å². The number of aryl methyl sites for hydroxylation is 1. The maximum absolute atomic E-state index is 12.5. The molecule has 1 saturated heterocycles. The van der Waals surface area contributed by atoms with Crippen LogP contribution in [0.2, 0.25) is 0 Å². The van der Waals surface area contributed by atoms with Gasteiger partial charge in [0.15, 0.2) is 11.5 Å². The Hall–Kier alpha value is -2.12. The second-order valence-corrected chi connectivity index (χ2v) is 6.56. The van der Waals surface area contributed by atoms with Crippen molar-refractivity contribution in [3.05, 3.63) is 41.2 Å². The van der Waals surface area contributed by atoms with Crippen LogP contribution in [0.5, 0.6) is 0 Å². The molecule has 7 heteroatoms. The van der Waals surface area contributed by atoms with Gasteiger partial charge in [0.05, 0.1) is 13.1 Å². The van der Waals surface area contributed by atoms with Gasteiger partial charge in [0.2, 0.25) is 0 Å². The highest BCUT2D eigenvalue weighted by atomic mass is 16.5. The summed E-state index contributed by atoms with van der Waals surface area (Å²) < 4.78 is 10.9. The second kappa shape index (κ2) is 7.84. The van der Waals surface area contributed by atoms with Gasteiger partial charge < -0.3 is 18.7 Å². The molecule has 0 N–H and O–H groups in total. The minimum atomic E-state index is -0.167. The fourth-order valence-corrected chi connectivity index (χ4v) is 3.04. The molecule has 1 amide bonds. The number of carbonyl (C=O) groups excluding carboxylic acids is 1. The highest BCUT2D eigenvalue weighted by molar-refractivity contribution is 5.91. The van der Waals surface area contributed by atoms with Gasteiger partial charge in [0, 0.05) is 39.3 Å². The van der Waals surface area contributed by atoms with E-state index in [1.54, 1.807) is 18.0 Å². The molecule has 136 valence electrons. The van der Waals surface area contributed by atoms with Crippen molar-refractivity contribution in [1.29, 1.82) is 0 Å². The third-order valence-electron chi connectivity index (χ3n) is 4.61. The Morgan fingerprint density at radius 3 is 2.56 bits per heavy atom. The van der Waals surface area contributed by atoms with Crippen LogP contribution in [-0.4, -0.2) is 65.5 Å². The Labute approximate surface area is 148 Å². The van der Waals surface area contributed by atoms with Crippen LogP contribution in [0.4, 0.5) is 0 Å². The molecular weight excluding hydrogens is 320 g/mol. The maximum Gasteiger partial charge on any atom is 0.276 e. The molecule has 3 heterocycles. The topological polar surface area (TPSA) is 66.0 Å². The SMILES string of the molecule is CCN1CCN(Cc2cc(C(=O)N(C)Cc3ccc(C)o3)no2)CC1. The lowest BCUT2D eigenvalue weighted by Gasteiger charge is -2.33. The Morgan fingerprint density at radius 1 is 1.20 bits per heavy atom. The van der Waals surface area contributed by atoms with Crippen molar-refractivity contribution < 1.29 is 13.7 Å². The predicted octanol–water partition coefficient (Wildman–Crippen LogP) is 1.99. The first kappa shape index (κ1) is 17.7. The lowest BCUT2D eigenvalue weighted by atomic mass is 10.2. The van der Waals surface area contributed by atoms with Crippen molar-refractivity contribution in [2.45, 2.75) is 26.9 Å². The van der Waals surface area contributed by atoms with Gasteiger partial charge in [-0.3, -0.25) is 9.69 Å². The number of carbonyl (C=O) groups is 1. The van der Waals surface area contributed by atoms with Crippen LogP contribution in [0.3, 0.4) is 0 Å². The minimum Gasteiger partial charge on any atom is -0.464 e. The van der Waals surface area contributed by atoms with Crippen LogP contribution in [0.25, 0.3) is 0 Å². The average Bonchev–Trinajstić information content (AvgIpc) is 3.24. The van der Waals surface area contributed by atoms with Crippen molar-refractivity contribution >= 4 is 5.91 Å². The average molecular weight is 346 g/mol. The molecule has 25 heavy (non-hydrogen) atoms. The number of furan rings is 1. The number of hydrogen-bond donors (Lipinski definition) is 0. The monoisotopic (exact) mass is 346 g/mol. The summed E-state index contributed by atoms with van der Waals surface area (Å²) in [4.78, 5) is 18.8. The molecule has 1 aliphatic rings. The van der Waals surface area contributed by atoms with E-state index in [0.717, 1.165) is 50.0 Å². The molecule has 0 bridgehead atoms. The van der Waals surface area contributed by atoms with Crippen LogP contribution in [0.1, 0.15) is 34.7 Å². The van der Waals surface area contributed by atoms with Crippen LogP contribution in [-0.2, 0) is 13.1 Å². The standard InChI is InChI=1S/C18H26N4O3/c1-4-21-7-9-22(10-8-21)13-16-11-17(19-25-16)18(23)20(3)12-15-6-5-14(2)24-15/h5-6,11H,4,7-10,12-13H2,1-3H3. The molecule has 2 aromatic rings. The summed E-state index contributed by atoms with van der Waals surface area (Å²) in [6.45, 7) is 10.4. The molecule has 0 saturated carbocycles. The van der Waals surface area contributed by atoms with Crippen LogP contribution in [0, 0.1) is 6.92 Å². The Bertz CT molecular complexity index is 701. The van der Waals surface area contributed by atoms with E-state index in [4.69, 9.17) is 8.94 Å². The summed E-state index contributed by atoms with van der Waals surface area (Å²) in [5, 5.41) is 3.95. The molecule has 0 aromatic carbocycles. The molecular formula is C18H26N4O3. The maximum atomic E-state index is 12.5. The van der Waals surface area contributed by atoms with E-state index >= 15 is 0 Å². The summed E-state index contributed by atoms with van der Waals surface area (Å²) >= 11 is 0. The quantitative estimate of drug-likeness (QED) is 0.797. The number of piperazine rings is 1. The molecule has 1 aliphatic heterocycles. The number of likely N-dealkylation sites (N-methyl/N-ethyl adjacent to an activating group) is 1. The van der Waals surface area contributed by atoms with Gasteiger partial charge in [0.25, 0.3) is 5.91 Å². The largest absolute Gasteiger partial charge is 0.464 e. The third kappa shape index (κ3) is 4.49. The van der Waals surface area contributed by atoms with Gasteiger partial charge in [-0.25, -0.2) is 0 Å². The minimum absolute atomic E-state index is 0.167. The lowest BCUT2D eigenvalue weighted by molar-refractivity contribution is 0.0764. The Kier molecular flexibility index (Phi) is 5.55. The van der Waals surface area contributed by atoms with E-state index in [-0.39, 0.29) is 5.91 Å². The molecule has 3 rings (SSSR count). The van der Waals surface area contributed by atoms with Crippen molar-refractivity contribution in [2.75, 3.05) is 39.8 Å². The molecule has 0 atom stereocenters. The van der Waals surface area contributed by atoms with Gasteiger partial charge in [-0.2, -0.15) is 0 Å². The van der Waals surface area contributed by atoms with E-state index in [2.05, 4.69) is 21.9 Å². The summed E-state index contributed by atoms with van der Waals surface area (Å²) in [6.07, 6.45) is 0. The van der Waals surface area contributed by atoms with E-state index < -0.39 is 0 Å². The molecule has 2 aromatic heterocycles. The van der Waals surface area contributed by atoms with Crippen LogP contribution in [0.15, 0.2) is 27.1 Å². The normalized spacial score (nSPS) is 16.3. The number of hydrogen-bond acceptors (Lipinski definition) is 6. The molecule has 1 fully saturated rings. The van der Waals surface area contributed by atoms with Gasteiger partial charge in [-0.15, -0.1) is 0 Å². The van der Waals surface area contributed by atoms with Gasteiger partial charge >= 0.3 is 0 Å². The zero-order chi connectivity index (χ0) is 17.8. The van der Waals surface area contributed by atoms with Crippen molar-refractivity contribution in [3.8, 4) is 0 Å². The number of nitrogens with zero attached hydrogens (tertiary/aromatic N) is 4. The molecule has 0 radical (unpaired) electrons. The van der Waals surface area contributed by atoms with E-state index in [1.807, 2.05) is 19.1 Å². The lowest BCUT2D eigenvalue weighted by Crippen LogP contribution is -2.45. The van der Waals surface area contributed by atoms with Gasteiger partial charge in [-0.05, 0) is 25.6 Å². The van der Waals surface area contributed by atoms with E-state index in [9.17, 15) is 4.79 Å². The molecule has 0 spiro atoms. The fourth-order valence-electron chi connectivity index (χ4n) is 3.04. The zero-order valence-corrected chi connectivity index (χ0v) is 15.2. The first-order valence-corrected chi connectivity index (χ1v) is 8.76. The highest BCUT2D eigenvalue weighted by Gasteiger charge is 2.21. The molecule has 7 nitrogen and oxygen atoms in total. The molecule has 0 unspecified atom stereocenters. The highest BCUT2D eigenvalue weighted by Crippen LogP contribution is 2.14. The summed E-state index contributed by atoms with van der Waals surface area (Å²) in [6, 6.07) is 5.52. The Balaban J connectivity index is 1.54. The zero-order valence-electron chi connectivity index (χ0n) is 15.2. The van der Waals surface area contributed by atoms with Crippen molar-refractivity contribution in [2.24, 2.45) is 0 Å². The summed E-state index contributed by atoms with van der Waals surface area (Å²) in [7, 11) is 1.73. The summed E-state index contributed by atoms with van der Waals surface area (Å²) in [5.74, 6) is 2.16. The summed E-state index contributed by atoms with van der Waals surface area (Å²) in [5.41, 5.74) is 0.341. The number of amides is 1. The predicted molar refractivity (Wildman–Crippen MR) is 93.1 cm³/mol. The smallest absolute Gasteiger partial charge is 0.276 e. The first-order chi connectivity index (χ1) is 12.0. The first-order valence-electron chi connectivity index (χ1n) is 8.76.